The minimum absolute atomic E-state index is 0.740. The van der Waals surface area contributed by atoms with Crippen molar-refractivity contribution in [1.29, 1.82) is 0 Å². The molecule has 1 aromatic carbocycles. The van der Waals surface area contributed by atoms with Crippen LogP contribution in [0.3, 0.4) is 0 Å². The Labute approximate surface area is 70.0 Å². The highest BCUT2D eigenvalue weighted by atomic mass is 35.5. The summed E-state index contributed by atoms with van der Waals surface area (Å²) in [5.74, 6) is 0. The van der Waals surface area contributed by atoms with Crippen molar-refractivity contribution in [3.63, 3.8) is 0 Å². The second-order valence-corrected chi connectivity index (χ2v) is 2.86. The van der Waals surface area contributed by atoms with Gasteiger partial charge in [-0.25, -0.2) is 0 Å². The molecule has 0 aliphatic heterocycles. The number of hydrogen-bond donors (Lipinski definition) is 1. The Bertz CT molecular complexity index is 389. The van der Waals surface area contributed by atoms with E-state index in [1.165, 1.54) is 0 Å². The van der Waals surface area contributed by atoms with Gasteiger partial charge in [0.1, 0.15) is 0 Å². The van der Waals surface area contributed by atoms with Crippen molar-refractivity contribution in [3.8, 4) is 0 Å². The average molecular weight is 165 g/mol. The number of benzene rings is 1. The van der Waals surface area contributed by atoms with E-state index < -0.39 is 0 Å². The Morgan fingerprint density at radius 2 is 2.09 bits per heavy atom. The molecule has 1 heterocycles. The quantitative estimate of drug-likeness (QED) is 0.616. The SMILES string of the molecule is [CH2]c1ccc2[nH]ccc2c1Cl. The number of nitrogens with one attached hydrogen (secondary N) is 1. The van der Waals surface area contributed by atoms with Gasteiger partial charge in [-0.2, -0.15) is 0 Å². The van der Waals surface area contributed by atoms with E-state index in [2.05, 4.69) is 11.9 Å². The fraction of sp³-hybridized carbons (Fsp3) is 0. The maximum Gasteiger partial charge on any atom is 0.0531 e. The molecule has 11 heavy (non-hydrogen) atoms. The number of aromatic amines is 1. The molecule has 1 radical (unpaired) electrons. The van der Waals surface area contributed by atoms with E-state index in [-0.39, 0.29) is 0 Å². The van der Waals surface area contributed by atoms with E-state index in [1.807, 2.05) is 24.4 Å². The summed E-state index contributed by atoms with van der Waals surface area (Å²) in [4.78, 5) is 3.08. The summed E-state index contributed by atoms with van der Waals surface area (Å²) < 4.78 is 0. The molecule has 0 bridgehead atoms. The Balaban J connectivity index is 2.93. The lowest BCUT2D eigenvalue weighted by atomic mass is 10.2. The summed E-state index contributed by atoms with van der Waals surface area (Å²) in [6.45, 7) is 3.80. The molecule has 2 rings (SSSR count). The zero-order valence-electron chi connectivity index (χ0n) is 5.89. The number of rotatable bonds is 0. The third-order valence-electron chi connectivity index (χ3n) is 1.75. The summed E-state index contributed by atoms with van der Waals surface area (Å²) in [5, 5.41) is 1.78. The van der Waals surface area contributed by atoms with Gasteiger partial charge >= 0.3 is 0 Å². The molecular formula is C9H7ClN. The van der Waals surface area contributed by atoms with Gasteiger partial charge in [-0.1, -0.05) is 17.7 Å². The van der Waals surface area contributed by atoms with Crippen LogP contribution in [0.4, 0.5) is 0 Å². The van der Waals surface area contributed by atoms with Gasteiger partial charge in [0, 0.05) is 17.1 Å². The lowest BCUT2D eigenvalue weighted by molar-refractivity contribution is 1.47. The summed E-state index contributed by atoms with van der Waals surface area (Å²) in [5.41, 5.74) is 1.93. The van der Waals surface area contributed by atoms with Gasteiger partial charge in [0.15, 0.2) is 0 Å². The Morgan fingerprint density at radius 3 is 2.91 bits per heavy atom. The molecular weight excluding hydrogens is 158 g/mol. The molecule has 2 aromatic rings. The van der Waals surface area contributed by atoms with Crippen LogP contribution in [0, 0.1) is 6.92 Å². The van der Waals surface area contributed by atoms with Crippen molar-refractivity contribution >= 4 is 22.5 Å². The largest absolute Gasteiger partial charge is 0.361 e. The van der Waals surface area contributed by atoms with Gasteiger partial charge in [-0.15, -0.1) is 0 Å². The third kappa shape index (κ3) is 0.925. The van der Waals surface area contributed by atoms with Crippen molar-refractivity contribution in [3.05, 3.63) is 41.9 Å². The average Bonchev–Trinajstić information content (AvgIpc) is 2.45. The number of fused-ring (bicyclic) bond motifs is 1. The van der Waals surface area contributed by atoms with E-state index in [9.17, 15) is 0 Å². The molecule has 0 fully saturated rings. The molecule has 0 amide bonds. The van der Waals surface area contributed by atoms with Crippen molar-refractivity contribution in [2.24, 2.45) is 0 Å². The Kier molecular flexibility index (Phi) is 1.40. The summed E-state index contributed by atoms with van der Waals surface area (Å²) in [7, 11) is 0. The first kappa shape index (κ1) is 6.74. The predicted molar refractivity (Wildman–Crippen MR) is 47.8 cm³/mol. The Morgan fingerprint density at radius 1 is 1.27 bits per heavy atom. The molecule has 0 aliphatic rings. The third-order valence-corrected chi connectivity index (χ3v) is 2.19. The summed E-state index contributed by atoms with van der Waals surface area (Å²) >= 11 is 5.98. The topological polar surface area (TPSA) is 15.8 Å². The molecule has 0 spiro atoms. The Hall–Kier alpha value is -0.950. The molecule has 1 nitrogen and oxygen atoms in total. The minimum Gasteiger partial charge on any atom is -0.361 e. The fourth-order valence-electron chi connectivity index (χ4n) is 1.14. The van der Waals surface area contributed by atoms with E-state index >= 15 is 0 Å². The first-order valence-corrected chi connectivity index (χ1v) is 3.74. The van der Waals surface area contributed by atoms with Crippen LogP contribution in [0.25, 0.3) is 10.9 Å². The number of halogens is 1. The van der Waals surface area contributed by atoms with Gasteiger partial charge in [-0.05, 0) is 24.6 Å². The molecule has 0 atom stereocenters. The molecule has 55 valence electrons. The second-order valence-electron chi connectivity index (χ2n) is 2.48. The van der Waals surface area contributed by atoms with E-state index in [0.29, 0.717) is 0 Å². The summed E-state index contributed by atoms with van der Waals surface area (Å²) in [6.07, 6.45) is 1.87. The number of aromatic nitrogens is 1. The second kappa shape index (κ2) is 2.28. The molecule has 1 aromatic heterocycles. The van der Waals surface area contributed by atoms with E-state index in [4.69, 9.17) is 11.6 Å². The van der Waals surface area contributed by atoms with Crippen molar-refractivity contribution in [2.45, 2.75) is 0 Å². The number of hydrogen-bond acceptors (Lipinski definition) is 0. The first-order valence-electron chi connectivity index (χ1n) is 3.36. The molecule has 0 saturated heterocycles. The van der Waals surface area contributed by atoms with Gasteiger partial charge in [0.2, 0.25) is 0 Å². The van der Waals surface area contributed by atoms with E-state index in [0.717, 1.165) is 21.5 Å². The minimum atomic E-state index is 0.740. The van der Waals surface area contributed by atoms with Crippen LogP contribution in [0.2, 0.25) is 5.02 Å². The van der Waals surface area contributed by atoms with Crippen LogP contribution in [0.1, 0.15) is 5.56 Å². The van der Waals surface area contributed by atoms with Gasteiger partial charge in [-0.3, -0.25) is 0 Å². The van der Waals surface area contributed by atoms with Crippen LogP contribution in [0.15, 0.2) is 24.4 Å². The zero-order chi connectivity index (χ0) is 7.84. The fourth-order valence-corrected chi connectivity index (χ4v) is 1.37. The monoisotopic (exact) mass is 164 g/mol. The maximum atomic E-state index is 5.98. The highest BCUT2D eigenvalue weighted by Crippen LogP contribution is 2.25. The lowest BCUT2D eigenvalue weighted by Gasteiger charge is -1.97. The first-order chi connectivity index (χ1) is 5.29. The maximum absolute atomic E-state index is 5.98. The molecule has 2 heteroatoms. The van der Waals surface area contributed by atoms with Crippen LogP contribution < -0.4 is 0 Å². The normalized spacial score (nSPS) is 10.7. The highest BCUT2D eigenvalue weighted by Gasteiger charge is 2.00. The standard InChI is InChI=1S/C9H7ClN/c1-6-2-3-8-7(9(6)10)4-5-11-8/h2-5,11H,1H2. The van der Waals surface area contributed by atoms with Crippen molar-refractivity contribution in [1.82, 2.24) is 4.98 Å². The lowest BCUT2D eigenvalue weighted by Crippen LogP contribution is -1.74. The van der Waals surface area contributed by atoms with Gasteiger partial charge in [0.05, 0.1) is 5.02 Å². The van der Waals surface area contributed by atoms with Crippen LogP contribution in [-0.2, 0) is 0 Å². The van der Waals surface area contributed by atoms with Crippen LogP contribution in [-0.4, -0.2) is 4.98 Å². The number of H-pyrrole nitrogens is 1. The molecule has 0 aliphatic carbocycles. The van der Waals surface area contributed by atoms with Crippen LogP contribution >= 0.6 is 11.6 Å². The highest BCUT2D eigenvalue weighted by molar-refractivity contribution is 6.36. The molecule has 1 N–H and O–H groups in total. The predicted octanol–water partition coefficient (Wildman–Crippen LogP) is 3.00. The molecule has 0 saturated carbocycles. The molecule has 0 unspecified atom stereocenters. The van der Waals surface area contributed by atoms with Crippen molar-refractivity contribution in [2.75, 3.05) is 0 Å². The zero-order valence-corrected chi connectivity index (χ0v) is 6.65. The van der Waals surface area contributed by atoms with Gasteiger partial charge < -0.3 is 4.98 Å². The van der Waals surface area contributed by atoms with Crippen LogP contribution in [0.5, 0.6) is 0 Å². The van der Waals surface area contributed by atoms with Crippen molar-refractivity contribution < 1.29 is 0 Å². The smallest absolute Gasteiger partial charge is 0.0531 e. The van der Waals surface area contributed by atoms with Gasteiger partial charge in [0.25, 0.3) is 0 Å². The van der Waals surface area contributed by atoms with E-state index in [1.54, 1.807) is 0 Å². The summed E-state index contributed by atoms with van der Waals surface area (Å²) in [6, 6.07) is 5.83.